The first-order chi connectivity index (χ1) is 9.54. The van der Waals surface area contributed by atoms with E-state index in [1.54, 1.807) is 11.5 Å². The van der Waals surface area contributed by atoms with Gasteiger partial charge in [0, 0.05) is 19.5 Å². The highest BCUT2D eigenvalue weighted by atomic mass is 16.6. The van der Waals surface area contributed by atoms with E-state index in [9.17, 15) is 10.1 Å². The van der Waals surface area contributed by atoms with Gasteiger partial charge in [-0.2, -0.15) is 0 Å². The highest BCUT2D eigenvalue weighted by Crippen LogP contribution is 2.28. The molecule has 0 aromatic carbocycles. The predicted molar refractivity (Wildman–Crippen MR) is 76.4 cm³/mol. The van der Waals surface area contributed by atoms with Gasteiger partial charge < -0.3 is 15.8 Å². The minimum atomic E-state index is -0.377. The van der Waals surface area contributed by atoms with Gasteiger partial charge in [0.25, 0.3) is 0 Å². The van der Waals surface area contributed by atoms with Crippen molar-refractivity contribution >= 4 is 5.82 Å². The quantitative estimate of drug-likeness (QED) is 0.624. The third-order valence-electron chi connectivity index (χ3n) is 4.39. The number of hydrogen-bond donors (Lipinski definition) is 1. The third-order valence-corrected chi connectivity index (χ3v) is 4.39. The minimum Gasteiger partial charge on any atom is -0.358 e. The van der Waals surface area contributed by atoms with E-state index in [0.29, 0.717) is 24.3 Å². The van der Waals surface area contributed by atoms with Crippen LogP contribution in [0.3, 0.4) is 0 Å². The lowest BCUT2D eigenvalue weighted by Crippen LogP contribution is -2.39. The van der Waals surface area contributed by atoms with Crippen LogP contribution in [-0.2, 0) is 6.54 Å². The SMILES string of the molecule is Cc1ncc([N+](=O)[O-])n1CCN(C)C1CCCC1CN. The Hall–Kier alpha value is -1.47. The summed E-state index contributed by atoms with van der Waals surface area (Å²) in [4.78, 5) is 16.9. The van der Waals surface area contributed by atoms with Crippen LogP contribution in [0.25, 0.3) is 0 Å². The molecular weight excluding hydrogens is 258 g/mol. The molecule has 1 heterocycles. The number of aryl methyl sites for hydroxylation is 1. The van der Waals surface area contributed by atoms with Crippen molar-refractivity contribution in [1.29, 1.82) is 0 Å². The molecule has 2 unspecified atom stereocenters. The summed E-state index contributed by atoms with van der Waals surface area (Å²) >= 11 is 0. The Morgan fingerprint density at radius 1 is 1.60 bits per heavy atom. The van der Waals surface area contributed by atoms with Gasteiger partial charge in [-0.3, -0.25) is 4.90 Å². The average Bonchev–Trinajstić information content (AvgIpc) is 3.02. The number of nitro groups is 1. The molecule has 7 nitrogen and oxygen atoms in total. The maximum Gasteiger partial charge on any atom is 0.342 e. The van der Waals surface area contributed by atoms with Crippen molar-refractivity contribution < 1.29 is 4.92 Å². The molecule has 2 N–H and O–H groups in total. The Morgan fingerprint density at radius 3 is 3.00 bits per heavy atom. The van der Waals surface area contributed by atoms with Crippen LogP contribution in [-0.4, -0.2) is 45.6 Å². The molecule has 1 aromatic rings. The van der Waals surface area contributed by atoms with Gasteiger partial charge in [-0.1, -0.05) is 6.42 Å². The highest BCUT2D eigenvalue weighted by Gasteiger charge is 2.29. The van der Waals surface area contributed by atoms with E-state index in [-0.39, 0.29) is 10.7 Å². The smallest absolute Gasteiger partial charge is 0.342 e. The Bertz CT molecular complexity index is 473. The van der Waals surface area contributed by atoms with Crippen LogP contribution in [0.1, 0.15) is 25.1 Å². The summed E-state index contributed by atoms with van der Waals surface area (Å²) < 4.78 is 1.67. The molecule has 0 saturated heterocycles. The van der Waals surface area contributed by atoms with E-state index in [2.05, 4.69) is 16.9 Å². The van der Waals surface area contributed by atoms with Crippen LogP contribution >= 0.6 is 0 Å². The van der Waals surface area contributed by atoms with Crippen molar-refractivity contribution in [3.05, 3.63) is 22.1 Å². The maximum atomic E-state index is 10.9. The number of nitrogens with zero attached hydrogens (tertiary/aromatic N) is 4. The number of nitrogens with two attached hydrogens (primary N) is 1. The standard InChI is InChI=1S/C13H23N5O2/c1-10-15-9-13(18(19)20)17(10)7-6-16(2)12-5-3-4-11(12)8-14/h9,11-12H,3-8,14H2,1-2H3. The van der Waals surface area contributed by atoms with Gasteiger partial charge >= 0.3 is 5.82 Å². The maximum absolute atomic E-state index is 10.9. The molecule has 1 aliphatic rings. The Kier molecular flexibility index (Phi) is 4.72. The normalized spacial score (nSPS) is 22.6. The first-order valence-electron chi connectivity index (χ1n) is 7.11. The van der Waals surface area contributed by atoms with Crippen molar-refractivity contribution in [2.45, 2.75) is 38.8 Å². The Balaban J connectivity index is 1.98. The van der Waals surface area contributed by atoms with Crippen LogP contribution in [0, 0.1) is 23.0 Å². The average molecular weight is 281 g/mol. The second-order valence-electron chi connectivity index (χ2n) is 5.55. The fraction of sp³-hybridized carbons (Fsp3) is 0.769. The van der Waals surface area contributed by atoms with Gasteiger partial charge in [-0.25, -0.2) is 9.55 Å². The summed E-state index contributed by atoms with van der Waals surface area (Å²) in [5.41, 5.74) is 5.81. The molecule has 0 bridgehead atoms. The zero-order chi connectivity index (χ0) is 14.7. The van der Waals surface area contributed by atoms with Gasteiger partial charge in [0.05, 0.1) is 0 Å². The van der Waals surface area contributed by atoms with Crippen molar-refractivity contribution in [2.24, 2.45) is 11.7 Å². The molecule has 0 aliphatic heterocycles. The van der Waals surface area contributed by atoms with Crippen molar-refractivity contribution in [2.75, 3.05) is 20.1 Å². The van der Waals surface area contributed by atoms with Crippen LogP contribution in [0.5, 0.6) is 0 Å². The van der Waals surface area contributed by atoms with E-state index in [1.807, 2.05) is 0 Å². The first-order valence-corrected chi connectivity index (χ1v) is 7.11. The Labute approximate surface area is 118 Å². The molecule has 20 heavy (non-hydrogen) atoms. The van der Waals surface area contributed by atoms with E-state index in [1.165, 1.54) is 25.5 Å². The number of hydrogen-bond acceptors (Lipinski definition) is 5. The lowest BCUT2D eigenvalue weighted by atomic mass is 10.0. The van der Waals surface area contributed by atoms with Gasteiger partial charge in [0.2, 0.25) is 0 Å². The number of aromatic nitrogens is 2. The Morgan fingerprint density at radius 2 is 2.35 bits per heavy atom. The molecular formula is C13H23N5O2. The summed E-state index contributed by atoms with van der Waals surface area (Å²) in [7, 11) is 2.08. The summed E-state index contributed by atoms with van der Waals surface area (Å²) in [6.07, 6.45) is 4.91. The van der Waals surface area contributed by atoms with Crippen LogP contribution < -0.4 is 5.73 Å². The fourth-order valence-electron chi connectivity index (χ4n) is 3.17. The van der Waals surface area contributed by atoms with Crippen molar-refractivity contribution in [1.82, 2.24) is 14.5 Å². The molecule has 7 heteroatoms. The molecule has 1 fully saturated rings. The van der Waals surface area contributed by atoms with Crippen molar-refractivity contribution in [3.63, 3.8) is 0 Å². The predicted octanol–water partition coefficient (Wildman–Crippen LogP) is 1.16. The van der Waals surface area contributed by atoms with E-state index < -0.39 is 0 Å². The first kappa shape index (κ1) is 14.9. The lowest BCUT2D eigenvalue weighted by molar-refractivity contribution is -0.392. The second kappa shape index (κ2) is 6.32. The topological polar surface area (TPSA) is 90.2 Å². The highest BCUT2D eigenvalue weighted by molar-refractivity contribution is 5.18. The van der Waals surface area contributed by atoms with Gasteiger partial charge in [0.1, 0.15) is 12.7 Å². The zero-order valence-corrected chi connectivity index (χ0v) is 12.2. The summed E-state index contributed by atoms with van der Waals surface area (Å²) in [5, 5.41) is 10.9. The fourth-order valence-corrected chi connectivity index (χ4v) is 3.17. The van der Waals surface area contributed by atoms with E-state index >= 15 is 0 Å². The van der Waals surface area contributed by atoms with Gasteiger partial charge in [-0.05, 0) is 37.3 Å². The summed E-state index contributed by atoms with van der Waals surface area (Å²) in [6.45, 7) is 3.89. The zero-order valence-electron chi connectivity index (χ0n) is 12.2. The second-order valence-corrected chi connectivity index (χ2v) is 5.55. The van der Waals surface area contributed by atoms with E-state index in [4.69, 9.17) is 5.73 Å². The molecule has 2 rings (SSSR count). The van der Waals surface area contributed by atoms with Gasteiger partial charge in [0.15, 0.2) is 5.82 Å². The van der Waals surface area contributed by atoms with Crippen LogP contribution in [0.4, 0.5) is 5.82 Å². The molecule has 2 atom stereocenters. The molecule has 1 aliphatic carbocycles. The molecule has 1 aromatic heterocycles. The minimum absolute atomic E-state index is 0.0673. The molecule has 0 spiro atoms. The lowest BCUT2D eigenvalue weighted by Gasteiger charge is -2.28. The molecule has 0 amide bonds. The monoisotopic (exact) mass is 281 g/mol. The number of rotatable bonds is 6. The number of imidazole rings is 1. The third kappa shape index (κ3) is 2.99. The summed E-state index contributed by atoms with van der Waals surface area (Å²) in [5.74, 6) is 1.31. The molecule has 1 saturated carbocycles. The molecule has 112 valence electrons. The van der Waals surface area contributed by atoms with Gasteiger partial charge in [-0.15, -0.1) is 0 Å². The molecule has 0 radical (unpaired) electrons. The number of likely N-dealkylation sites (N-methyl/N-ethyl adjacent to an activating group) is 1. The van der Waals surface area contributed by atoms with Crippen LogP contribution in [0.2, 0.25) is 0 Å². The summed E-state index contributed by atoms with van der Waals surface area (Å²) in [6, 6.07) is 0.503. The van der Waals surface area contributed by atoms with Crippen LogP contribution in [0.15, 0.2) is 6.20 Å². The van der Waals surface area contributed by atoms with Crippen molar-refractivity contribution in [3.8, 4) is 0 Å². The van der Waals surface area contributed by atoms with E-state index in [0.717, 1.165) is 13.1 Å². The largest absolute Gasteiger partial charge is 0.358 e.